The molecule has 0 aromatic heterocycles. The van der Waals surface area contributed by atoms with Gasteiger partial charge in [-0.1, -0.05) is 18.5 Å². The van der Waals surface area contributed by atoms with Crippen LogP contribution in [0.15, 0.2) is 18.2 Å². The number of benzene rings is 1. The van der Waals surface area contributed by atoms with Crippen LogP contribution in [0.25, 0.3) is 0 Å². The molecule has 0 aliphatic carbocycles. The summed E-state index contributed by atoms with van der Waals surface area (Å²) in [6.07, 6.45) is 0.596. The molecule has 2 N–H and O–H groups in total. The topological polar surface area (TPSA) is 49.3 Å². The second kappa shape index (κ2) is 6.57. The number of hydrogen-bond donors (Lipinski definition) is 2. The molecule has 0 spiro atoms. The van der Waals surface area contributed by atoms with E-state index in [0.717, 1.165) is 6.07 Å². The molecule has 0 saturated carbocycles. The van der Waals surface area contributed by atoms with Crippen LogP contribution >= 0.6 is 11.6 Å². The van der Waals surface area contributed by atoms with Gasteiger partial charge in [0.05, 0.1) is 5.56 Å². The SMILES string of the molecule is CC(CCO)CNC(=O)c1cc(Cl)ccc1F. The van der Waals surface area contributed by atoms with Gasteiger partial charge < -0.3 is 10.4 Å². The van der Waals surface area contributed by atoms with E-state index >= 15 is 0 Å². The summed E-state index contributed by atoms with van der Waals surface area (Å²) in [4.78, 5) is 11.7. The molecule has 1 unspecified atom stereocenters. The van der Waals surface area contributed by atoms with Crippen molar-refractivity contribution in [2.24, 2.45) is 5.92 Å². The molecule has 0 saturated heterocycles. The third kappa shape index (κ3) is 4.32. The monoisotopic (exact) mass is 259 g/mol. The van der Waals surface area contributed by atoms with Gasteiger partial charge in [0.15, 0.2) is 0 Å². The van der Waals surface area contributed by atoms with Crippen LogP contribution in [0.5, 0.6) is 0 Å². The van der Waals surface area contributed by atoms with Gasteiger partial charge in [-0.3, -0.25) is 4.79 Å². The van der Waals surface area contributed by atoms with Gasteiger partial charge in [-0.15, -0.1) is 0 Å². The molecule has 3 nitrogen and oxygen atoms in total. The maximum absolute atomic E-state index is 13.3. The van der Waals surface area contributed by atoms with E-state index in [-0.39, 0.29) is 18.1 Å². The highest BCUT2D eigenvalue weighted by atomic mass is 35.5. The van der Waals surface area contributed by atoms with E-state index in [1.54, 1.807) is 0 Å². The van der Waals surface area contributed by atoms with Crippen LogP contribution in [0.3, 0.4) is 0 Å². The fraction of sp³-hybridized carbons (Fsp3) is 0.417. The predicted molar refractivity (Wildman–Crippen MR) is 64.6 cm³/mol. The molecule has 1 rings (SSSR count). The van der Waals surface area contributed by atoms with Crippen molar-refractivity contribution in [3.8, 4) is 0 Å². The summed E-state index contributed by atoms with van der Waals surface area (Å²) in [6, 6.07) is 3.85. The largest absolute Gasteiger partial charge is 0.396 e. The highest BCUT2D eigenvalue weighted by Crippen LogP contribution is 2.14. The Hall–Kier alpha value is -1.13. The van der Waals surface area contributed by atoms with E-state index in [1.807, 2.05) is 6.92 Å². The summed E-state index contributed by atoms with van der Waals surface area (Å²) in [6.45, 7) is 2.36. The first-order chi connectivity index (χ1) is 8.04. The Bertz CT molecular complexity index is 398. The van der Waals surface area contributed by atoms with Gasteiger partial charge in [0.2, 0.25) is 0 Å². The molecular formula is C12H15ClFNO2. The number of halogens is 2. The van der Waals surface area contributed by atoms with Gasteiger partial charge in [0, 0.05) is 18.2 Å². The Morgan fingerprint density at radius 2 is 2.29 bits per heavy atom. The lowest BCUT2D eigenvalue weighted by molar-refractivity contribution is 0.0941. The lowest BCUT2D eigenvalue weighted by Crippen LogP contribution is -2.29. The highest BCUT2D eigenvalue weighted by Gasteiger charge is 2.12. The molecule has 0 bridgehead atoms. The van der Waals surface area contributed by atoms with Crippen LogP contribution < -0.4 is 5.32 Å². The first-order valence-electron chi connectivity index (χ1n) is 5.38. The van der Waals surface area contributed by atoms with Gasteiger partial charge in [0.1, 0.15) is 5.82 Å². The molecule has 17 heavy (non-hydrogen) atoms. The zero-order valence-corrected chi connectivity index (χ0v) is 10.3. The fourth-order valence-electron chi connectivity index (χ4n) is 1.36. The molecule has 0 aliphatic heterocycles. The highest BCUT2D eigenvalue weighted by molar-refractivity contribution is 6.30. The van der Waals surface area contributed by atoms with Crippen molar-refractivity contribution < 1.29 is 14.3 Å². The van der Waals surface area contributed by atoms with E-state index in [4.69, 9.17) is 16.7 Å². The van der Waals surface area contributed by atoms with Crippen LogP contribution in [0.4, 0.5) is 4.39 Å². The van der Waals surface area contributed by atoms with E-state index < -0.39 is 11.7 Å². The molecule has 0 fully saturated rings. The van der Waals surface area contributed by atoms with Crippen molar-refractivity contribution >= 4 is 17.5 Å². The summed E-state index contributed by atoms with van der Waals surface area (Å²) in [5, 5.41) is 11.6. The summed E-state index contributed by atoms with van der Waals surface area (Å²) >= 11 is 5.69. The van der Waals surface area contributed by atoms with Gasteiger partial charge >= 0.3 is 0 Å². The van der Waals surface area contributed by atoms with Crippen molar-refractivity contribution in [1.29, 1.82) is 0 Å². The van der Waals surface area contributed by atoms with Crippen molar-refractivity contribution in [3.63, 3.8) is 0 Å². The summed E-state index contributed by atoms with van der Waals surface area (Å²) < 4.78 is 13.3. The number of carbonyl (C=O) groups excluding carboxylic acids is 1. The third-order valence-corrected chi connectivity index (χ3v) is 2.64. The minimum atomic E-state index is -0.596. The Balaban J connectivity index is 2.61. The summed E-state index contributed by atoms with van der Waals surface area (Å²) in [5.41, 5.74) is -0.0614. The Morgan fingerprint density at radius 3 is 2.94 bits per heavy atom. The minimum Gasteiger partial charge on any atom is -0.396 e. The number of carbonyl (C=O) groups is 1. The molecule has 0 aliphatic rings. The Kier molecular flexibility index (Phi) is 5.38. The van der Waals surface area contributed by atoms with E-state index in [0.29, 0.717) is 18.0 Å². The molecule has 1 aromatic carbocycles. The van der Waals surface area contributed by atoms with E-state index in [2.05, 4.69) is 5.32 Å². The maximum atomic E-state index is 13.3. The molecule has 1 atom stereocenters. The molecule has 0 radical (unpaired) electrons. The van der Waals surface area contributed by atoms with E-state index in [1.165, 1.54) is 12.1 Å². The average molecular weight is 260 g/mol. The molecule has 1 aromatic rings. The number of rotatable bonds is 5. The minimum absolute atomic E-state index is 0.0614. The van der Waals surface area contributed by atoms with Crippen LogP contribution in [-0.2, 0) is 0 Å². The standard InChI is InChI=1S/C12H15ClFNO2/c1-8(4-5-16)7-15-12(17)10-6-9(13)2-3-11(10)14/h2-3,6,8,16H,4-5,7H2,1H3,(H,15,17). The normalized spacial score (nSPS) is 12.2. The number of aliphatic hydroxyl groups is 1. The molecule has 94 valence electrons. The lowest BCUT2D eigenvalue weighted by atomic mass is 10.1. The van der Waals surface area contributed by atoms with Crippen LogP contribution in [0, 0.1) is 11.7 Å². The molecular weight excluding hydrogens is 245 g/mol. The smallest absolute Gasteiger partial charge is 0.254 e. The van der Waals surface area contributed by atoms with Crippen LogP contribution in [-0.4, -0.2) is 24.2 Å². The first-order valence-corrected chi connectivity index (χ1v) is 5.76. The van der Waals surface area contributed by atoms with Gasteiger partial charge in [-0.2, -0.15) is 0 Å². The second-order valence-electron chi connectivity index (χ2n) is 3.95. The lowest BCUT2D eigenvalue weighted by Gasteiger charge is -2.11. The van der Waals surface area contributed by atoms with Gasteiger partial charge in [-0.05, 0) is 30.5 Å². The second-order valence-corrected chi connectivity index (χ2v) is 4.39. The molecule has 1 amide bonds. The quantitative estimate of drug-likeness (QED) is 0.852. The van der Waals surface area contributed by atoms with Crippen molar-refractivity contribution in [2.45, 2.75) is 13.3 Å². The summed E-state index contributed by atoms with van der Waals surface area (Å²) in [7, 11) is 0. The number of hydrogen-bond acceptors (Lipinski definition) is 2. The third-order valence-electron chi connectivity index (χ3n) is 2.41. The molecule has 5 heteroatoms. The van der Waals surface area contributed by atoms with Crippen LogP contribution in [0.1, 0.15) is 23.7 Å². The zero-order chi connectivity index (χ0) is 12.8. The average Bonchev–Trinajstić information content (AvgIpc) is 2.29. The Labute approximate surface area is 105 Å². The van der Waals surface area contributed by atoms with Crippen LogP contribution in [0.2, 0.25) is 5.02 Å². The van der Waals surface area contributed by atoms with E-state index in [9.17, 15) is 9.18 Å². The van der Waals surface area contributed by atoms with Crippen molar-refractivity contribution in [1.82, 2.24) is 5.32 Å². The Morgan fingerprint density at radius 1 is 1.59 bits per heavy atom. The van der Waals surface area contributed by atoms with Gasteiger partial charge in [0.25, 0.3) is 5.91 Å². The number of aliphatic hydroxyl groups excluding tert-OH is 1. The maximum Gasteiger partial charge on any atom is 0.254 e. The molecule has 0 heterocycles. The summed E-state index contributed by atoms with van der Waals surface area (Å²) in [5.74, 6) is -0.942. The van der Waals surface area contributed by atoms with Crippen molar-refractivity contribution in [3.05, 3.63) is 34.6 Å². The number of amides is 1. The number of nitrogens with one attached hydrogen (secondary N) is 1. The van der Waals surface area contributed by atoms with Crippen molar-refractivity contribution in [2.75, 3.05) is 13.2 Å². The van der Waals surface area contributed by atoms with Gasteiger partial charge in [-0.25, -0.2) is 4.39 Å². The zero-order valence-electron chi connectivity index (χ0n) is 9.54. The first kappa shape index (κ1) is 13.9. The fourth-order valence-corrected chi connectivity index (χ4v) is 1.53. The predicted octanol–water partition coefficient (Wildman–Crippen LogP) is 2.23.